The van der Waals surface area contributed by atoms with E-state index in [-0.39, 0.29) is 18.5 Å². The van der Waals surface area contributed by atoms with Gasteiger partial charge >= 0.3 is 12.0 Å². The van der Waals surface area contributed by atoms with Gasteiger partial charge in [0.1, 0.15) is 0 Å². The SMILES string of the molecule is CNC(=O)NCC(C(=O)O)C(C)C. The minimum Gasteiger partial charge on any atom is -0.481 e. The second kappa shape index (κ2) is 5.40. The zero-order chi connectivity index (χ0) is 10.4. The van der Waals surface area contributed by atoms with E-state index in [4.69, 9.17) is 5.11 Å². The molecule has 1 unspecified atom stereocenters. The highest BCUT2D eigenvalue weighted by Gasteiger charge is 2.21. The molecule has 0 aromatic rings. The molecule has 0 aromatic heterocycles. The van der Waals surface area contributed by atoms with Crippen molar-refractivity contribution < 1.29 is 14.7 Å². The molecule has 5 heteroatoms. The van der Waals surface area contributed by atoms with Gasteiger partial charge in [0.2, 0.25) is 0 Å². The molecule has 13 heavy (non-hydrogen) atoms. The van der Waals surface area contributed by atoms with Crippen LogP contribution in [-0.4, -0.2) is 30.7 Å². The Bertz CT molecular complexity index is 192. The Morgan fingerprint density at radius 1 is 1.38 bits per heavy atom. The number of hydrogen-bond donors (Lipinski definition) is 3. The summed E-state index contributed by atoms with van der Waals surface area (Å²) in [6.45, 7) is 3.78. The number of rotatable bonds is 4. The first-order valence-electron chi connectivity index (χ1n) is 4.17. The van der Waals surface area contributed by atoms with Crippen molar-refractivity contribution in [3.8, 4) is 0 Å². The molecule has 0 saturated carbocycles. The summed E-state index contributed by atoms with van der Waals surface area (Å²) in [7, 11) is 1.49. The molecular formula is C8H16N2O3. The number of amides is 2. The standard InChI is InChI=1S/C8H16N2O3/c1-5(2)6(7(11)12)4-10-8(13)9-3/h5-6H,4H2,1-3H3,(H,11,12)(H2,9,10,13). The average Bonchev–Trinajstić information content (AvgIpc) is 2.03. The molecule has 0 saturated heterocycles. The molecule has 5 nitrogen and oxygen atoms in total. The minimum atomic E-state index is -0.883. The van der Waals surface area contributed by atoms with Crippen molar-refractivity contribution in [3.05, 3.63) is 0 Å². The monoisotopic (exact) mass is 188 g/mol. The fourth-order valence-electron chi connectivity index (χ4n) is 0.899. The van der Waals surface area contributed by atoms with Crippen molar-refractivity contribution in [1.82, 2.24) is 10.6 Å². The molecule has 1 atom stereocenters. The van der Waals surface area contributed by atoms with E-state index in [0.717, 1.165) is 0 Å². The molecule has 0 radical (unpaired) electrons. The summed E-state index contributed by atoms with van der Waals surface area (Å²) in [5.41, 5.74) is 0. The number of aliphatic carboxylic acids is 1. The second-order valence-electron chi connectivity index (χ2n) is 3.15. The van der Waals surface area contributed by atoms with Crippen LogP contribution in [0.5, 0.6) is 0 Å². The lowest BCUT2D eigenvalue weighted by Crippen LogP contribution is -2.39. The van der Waals surface area contributed by atoms with E-state index in [1.165, 1.54) is 7.05 Å². The van der Waals surface area contributed by atoms with Crippen molar-refractivity contribution in [2.75, 3.05) is 13.6 Å². The summed E-state index contributed by atoms with van der Waals surface area (Å²) in [6.07, 6.45) is 0. The van der Waals surface area contributed by atoms with Crippen LogP contribution in [0.25, 0.3) is 0 Å². The zero-order valence-electron chi connectivity index (χ0n) is 8.13. The summed E-state index contributed by atoms with van der Waals surface area (Å²) >= 11 is 0. The summed E-state index contributed by atoms with van der Waals surface area (Å²) in [4.78, 5) is 21.4. The summed E-state index contributed by atoms with van der Waals surface area (Å²) in [5.74, 6) is -1.40. The molecule has 0 bridgehead atoms. The molecule has 0 aliphatic carbocycles. The van der Waals surface area contributed by atoms with E-state index in [1.54, 1.807) is 0 Å². The molecule has 2 amide bonds. The van der Waals surface area contributed by atoms with E-state index in [2.05, 4.69) is 10.6 Å². The van der Waals surface area contributed by atoms with Gasteiger partial charge in [-0.2, -0.15) is 0 Å². The largest absolute Gasteiger partial charge is 0.481 e. The van der Waals surface area contributed by atoms with Gasteiger partial charge in [-0.05, 0) is 5.92 Å². The fraction of sp³-hybridized carbons (Fsp3) is 0.750. The van der Waals surface area contributed by atoms with Crippen LogP contribution in [0.3, 0.4) is 0 Å². The normalized spacial score (nSPS) is 12.3. The minimum absolute atomic E-state index is 0.00894. The zero-order valence-corrected chi connectivity index (χ0v) is 8.13. The Hall–Kier alpha value is -1.26. The van der Waals surface area contributed by atoms with Crippen LogP contribution >= 0.6 is 0 Å². The van der Waals surface area contributed by atoms with Gasteiger partial charge in [0.15, 0.2) is 0 Å². The number of carboxylic acids is 1. The molecular weight excluding hydrogens is 172 g/mol. The van der Waals surface area contributed by atoms with Gasteiger partial charge in [-0.1, -0.05) is 13.8 Å². The maximum Gasteiger partial charge on any atom is 0.314 e. The van der Waals surface area contributed by atoms with Crippen LogP contribution in [0.4, 0.5) is 4.79 Å². The Kier molecular flexibility index (Phi) is 4.87. The van der Waals surface area contributed by atoms with Gasteiger partial charge in [-0.3, -0.25) is 4.79 Å². The summed E-state index contributed by atoms with van der Waals surface area (Å²) < 4.78 is 0. The number of carboxylic acid groups (broad SMARTS) is 1. The lowest BCUT2D eigenvalue weighted by atomic mass is 9.96. The lowest BCUT2D eigenvalue weighted by molar-refractivity contribution is -0.142. The van der Waals surface area contributed by atoms with Crippen molar-refractivity contribution in [2.24, 2.45) is 11.8 Å². The molecule has 0 aliphatic heterocycles. The first-order valence-corrected chi connectivity index (χ1v) is 4.17. The summed E-state index contributed by atoms with van der Waals surface area (Å²) in [5, 5.41) is 13.6. The van der Waals surface area contributed by atoms with Crippen LogP contribution in [0.1, 0.15) is 13.8 Å². The summed E-state index contributed by atoms with van der Waals surface area (Å²) in [6, 6.07) is -0.355. The molecule has 0 aromatic carbocycles. The fourth-order valence-corrected chi connectivity index (χ4v) is 0.899. The highest BCUT2D eigenvalue weighted by atomic mass is 16.4. The molecule has 0 heterocycles. The number of nitrogens with one attached hydrogen (secondary N) is 2. The van der Waals surface area contributed by atoms with Crippen LogP contribution in [0.2, 0.25) is 0 Å². The number of hydrogen-bond acceptors (Lipinski definition) is 2. The molecule has 0 rings (SSSR count). The third-order valence-corrected chi connectivity index (χ3v) is 1.83. The third-order valence-electron chi connectivity index (χ3n) is 1.83. The van der Waals surface area contributed by atoms with Gasteiger partial charge in [0.25, 0.3) is 0 Å². The first kappa shape index (κ1) is 11.7. The molecule has 0 aliphatic rings. The molecule has 0 fully saturated rings. The topological polar surface area (TPSA) is 78.4 Å². The van der Waals surface area contributed by atoms with E-state index >= 15 is 0 Å². The Morgan fingerprint density at radius 2 is 1.92 bits per heavy atom. The third kappa shape index (κ3) is 4.35. The van der Waals surface area contributed by atoms with Crippen LogP contribution < -0.4 is 10.6 Å². The highest BCUT2D eigenvalue weighted by molar-refractivity contribution is 5.75. The van der Waals surface area contributed by atoms with Crippen LogP contribution in [0, 0.1) is 11.8 Å². The first-order chi connectivity index (χ1) is 5.99. The van der Waals surface area contributed by atoms with Gasteiger partial charge in [0.05, 0.1) is 5.92 Å². The Morgan fingerprint density at radius 3 is 2.23 bits per heavy atom. The van der Waals surface area contributed by atoms with Gasteiger partial charge in [-0.25, -0.2) is 4.79 Å². The molecule has 0 spiro atoms. The second-order valence-corrected chi connectivity index (χ2v) is 3.15. The van der Waals surface area contributed by atoms with E-state index in [9.17, 15) is 9.59 Å². The number of urea groups is 1. The quantitative estimate of drug-likeness (QED) is 0.592. The predicted molar refractivity (Wildman–Crippen MR) is 48.4 cm³/mol. The maximum absolute atomic E-state index is 10.7. The lowest BCUT2D eigenvalue weighted by Gasteiger charge is -2.16. The van der Waals surface area contributed by atoms with Gasteiger partial charge in [-0.15, -0.1) is 0 Å². The Labute approximate surface area is 77.5 Å². The highest BCUT2D eigenvalue weighted by Crippen LogP contribution is 2.09. The van der Waals surface area contributed by atoms with E-state index < -0.39 is 11.9 Å². The Balaban J connectivity index is 3.97. The van der Waals surface area contributed by atoms with Crippen LogP contribution in [0.15, 0.2) is 0 Å². The molecule has 3 N–H and O–H groups in total. The van der Waals surface area contributed by atoms with Crippen molar-refractivity contribution in [1.29, 1.82) is 0 Å². The predicted octanol–water partition coefficient (Wildman–Crippen LogP) is 0.272. The van der Waals surface area contributed by atoms with E-state index in [1.807, 2.05) is 13.8 Å². The van der Waals surface area contributed by atoms with E-state index in [0.29, 0.717) is 0 Å². The van der Waals surface area contributed by atoms with Crippen molar-refractivity contribution in [2.45, 2.75) is 13.8 Å². The number of carbonyl (C=O) groups is 2. The van der Waals surface area contributed by atoms with Gasteiger partial charge < -0.3 is 15.7 Å². The molecule has 76 valence electrons. The van der Waals surface area contributed by atoms with Gasteiger partial charge in [0, 0.05) is 13.6 Å². The number of carbonyl (C=O) groups excluding carboxylic acids is 1. The van der Waals surface area contributed by atoms with Crippen LogP contribution in [-0.2, 0) is 4.79 Å². The average molecular weight is 188 g/mol. The maximum atomic E-state index is 10.7. The van der Waals surface area contributed by atoms with Crippen molar-refractivity contribution in [3.63, 3.8) is 0 Å². The smallest absolute Gasteiger partial charge is 0.314 e. The van der Waals surface area contributed by atoms with Crippen molar-refractivity contribution >= 4 is 12.0 Å².